The van der Waals surface area contributed by atoms with Crippen LogP contribution in [0.5, 0.6) is 0 Å². The Morgan fingerprint density at radius 1 is 1.23 bits per heavy atom. The van der Waals surface area contributed by atoms with E-state index in [2.05, 4.69) is 44.1 Å². The summed E-state index contributed by atoms with van der Waals surface area (Å²) < 4.78 is 0. The maximum absolute atomic E-state index is 13.2. The molecule has 0 saturated carbocycles. The minimum Gasteiger partial charge on any atom is -0.343 e. The molecule has 0 saturated heterocycles. The van der Waals surface area contributed by atoms with E-state index >= 15 is 0 Å². The zero-order valence-corrected chi connectivity index (χ0v) is 19.7. The molecule has 2 aromatic heterocycles. The first-order valence-electron chi connectivity index (χ1n) is 10.7. The molecule has 160 valence electrons. The van der Waals surface area contributed by atoms with Crippen LogP contribution >= 0.6 is 23.1 Å². The first kappa shape index (κ1) is 21.4. The van der Waals surface area contributed by atoms with E-state index in [1.54, 1.807) is 23.1 Å². The number of thioether (sulfide) groups is 1. The smallest absolute Gasteiger partial charge is 0.257 e. The number of hydrogen-bond acceptors (Lipinski definition) is 6. The molecule has 0 radical (unpaired) electrons. The first-order chi connectivity index (χ1) is 14.3. The molecule has 5 nitrogen and oxygen atoms in total. The number of aromatic amines is 1. The van der Waals surface area contributed by atoms with Crippen LogP contribution < -0.4 is 10.9 Å². The molecule has 30 heavy (non-hydrogen) atoms. The van der Waals surface area contributed by atoms with Gasteiger partial charge in [0.2, 0.25) is 0 Å². The van der Waals surface area contributed by atoms with Crippen LogP contribution in [0, 0.1) is 12.3 Å². The highest BCUT2D eigenvalue weighted by Gasteiger charge is 2.42. The van der Waals surface area contributed by atoms with Gasteiger partial charge in [-0.1, -0.05) is 45.4 Å². The summed E-state index contributed by atoms with van der Waals surface area (Å²) in [7, 11) is 0. The minimum absolute atomic E-state index is 0.102. The topological polar surface area (TPSA) is 74.8 Å². The third-order valence-corrected chi connectivity index (χ3v) is 7.76. The van der Waals surface area contributed by atoms with Gasteiger partial charge in [0.25, 0.3) is 5.56 Å². The predicted molar refractivity (Wildman–Crippen MR) is 125 cm³/mol. The van der Waals surface area contributed by atoms with Crippen molar-refractivity contribution in [3.63, 3.8) is 0 Å². The van der Waals surface area contributed by atoms with E-state index in [0.29, 0.717) is 23.0 Å². The highest BCUT2D eigenvalue weighted by Crippen LogP contribution is 2.48. The van der Waals surface area contributed by atoms with Gasteiger partial charge >= 0.3 is 0 Å². The van der Waals surface area contributed by atoms with E-state index in [1.165, 1.54) is 17.7 Å². The summed E-state index contributed by atoms with van der Waals surface area (Å²) in [5, 5.41) is 4.04. The van der Waals surface area contributed by atoms with Gasteiger partial charge in [-0.15, -0.1) is 11.3 Å². The molecule has 1 aliphatic heterocycles. The van der Waals surface area contributed by atoms with Crippen molar-refractivity contribution in [3.05, 3.63) is 49.1 Å². The molecule has 0 spiro atoms. The van der Waals surface area contributed by atoms with Crippen LogP contribution in [0.2, 0.25) is 0 Å². The van der Waals surface area contributed by atoms with Gasteiger partial charge in [-0.3, -0.25) is 9.59 Å². The van der Waals surface area contributed by atoms with Crippen LogP contribution in [0.15, 0.2) is 33.4 Å². The normalized spacial score (nSPS) is 20.0. The lowest BCUT2D eigenvalue weighted by atomic mass is 9.70. The molecule has 1 aliphatic carbocycles. The summed E-state index contributed by atoms with van der Waals surface area (Å²) in [5.41, 5.74) is 2.00. The number of Topliss-reactive ketones (excluding diaryl/α,β-unsaturated/α-hetero) is 1. The van der Waals surface area contributed by atoms with Crippen molar-refractivity contribution in [1.82, 2.24) is 9.97 Å². The van der Waals surface area contributed by atoms with Crippen molar-refractivity contribution in [2.24, 2.45) is 5.41 Å². The number of H-pyrrole nitrogens is 1. The lowest BCUT2D eigenvalue weighted by Gasteiger charge is -2.38. The molecule has 2 N–H and O–H groups in total. The Bertz CT molecular complexity index is 1060. The number of hydrogen-bond donors (Lipinski definition) is 2. The van der Waals surface area contributed by atoms with Gasteiger partial charge in [0, 0.05) is 33.2 Å². The second-order valence-corrected chi connectivity index (χ2v) is 11.4. The maximum atomic E-state index is 13.2. The van der Waals surface area contributed by atoms with Crippen LogP contribution in [0.3, 0.4) is 0 Å². The summed E-state index contributed by atoms with van der Waals surface area (Å²) >= 11 is 3.24. The molecule has 2 aliphatic rings. The summed E-state index contributed by atoms with van der Waals surface area (Å²) in [6, 6.07) is 4.10. The van der Waals surface area contributed by atoms with Gasteiger partial charge < -0.3 is 10.3 Å². The number of carbonyl (C=O) groups is 1. The number of unbranched alkanes of at least 4 members (excludes halogenated alkanes) is 2. The molecule has 0 fully saturated rings. The number of aromatic nitrogens is 2. The number of nitrogens with one attached hydrogen (secondary N) is 2. The van der Waals surface area contributed by atoms with Gasteiger partial charge in [-0.2, -0.15) is 0 Å². The summed E-state index contributed by atoms with van der Waals surface area (Å²) in [5.74, 6) is 1.33. The molecular weight excluding hydrogens is 414 g/mol. The van der Waals surface area contributed by atoms with Gasteiger partial charge in [0.1, 0.15) is 5.82 Å². The van der Waals surface area contributed by atoms with Gasteiger partial charge in [0.15, 0.2) is 10.9 Å². The summed E-state index contributed by atoms with van der Waals surface area (Å²) in [6.07, 6.45) is 4.72. The molecule has 2 aromatic rings. The molecular formula is C23H29N3O2S2. The van der Waals surface area contributed by atoms with E-state index in [4.69, 9.17) is 4.98 Å². The molecule has 0 bridgehead atoms. The Morgan fingerprint density at radius 2 is 2.03 bits per heavy atom. The standard InChI is InChI=1S/C23H29N3O2S2/c1-5-6-7-10-29-22-25-20-19(21(28)26-22)18(16-9-8-13(2)30-16)17-14(24-20)11-23(3,4)12-15(17)27/h8-9,18H,5-7,10-12H2,1-4H3,(H2,24,25,26,28). The molecule has 4 rings (SSSR count). The fourth-order valence-electron chi connectivity index (χ4n) is 4.38. The zero-order valence-electron chi connectivity index (χ0n) is 18.1. The van der Waals surface area contributed by atoms with Crippen molar-refractivity contribution in [2.45, 2.75) is 70.9 Å². The van der Waals surface area contributed by atoms with E-state index in [-0.39, 0.29) is 22.7 Å². The van der Waals surface area contributed by atoms with E-state index in [1.807, 2.05) is 6.07 Å². The third kappa shape index (κ3) is 4.14. The minimum atomic E-state index is -0.339. The monoisotopic (exact) mass is 443 g/mol. The number of anilines is 1. The Hall–Kier alpha value is -1.86. The van der Waals surface area contributed by atoms with Gasteiger partial charge in [0.05, 0.1) is 11.5 Å². The largest absolute Gasteiger partial charge is 0.343 e. The number of nitrogens with zero attached hydrogens (tertiary/aromatic N) is 1. The van der Waals surface area contributed by atoms with Crippen molar-refractivity contribution >= 4 is 34.7 Å². The maximum Gasteiger partial charge on any atom is 0.257 e. The average molecular weight is 444 g/mol. The third-order valence-electron chi connectivity index (χ3n) is 5.73. The number of carbonyl (C=O) groups excluding carboxylic acids is 1. The van der Waals surface area contributed by atoms with Crippen LogP contribution in [-0.2, 0) is 4.79 Å². The lowest BCUT2D eigenvalue weighted by molar-refractivity contribution is -0.118. The fourth-order valence-corrected chi connectivity index (χ4v) is 6.24. The second-order valence-electron chi connectivity index (χ2n) is 9.03. The van der Waals surface area contributed by atoms with Crippen LogP contribution in [-0.4, -0.2) is 21.5 Å². The fraction of sp³-hybridized carbons (Fsp3) is 0.522. The number of fused-ring (bicyclic) bond motifs is 1. The number of allylic oxidation sites excluding steroid dienone is 2. The molecule has 3 heterocycles. The number of rotatable bonds is 6. The van der Waals surface area contributed by atoms with E-state index in [9.17, 15) is 9.59 Å². The van der Waals surface area contributed by atoms with Crippen molar-refractivity contribution in [2.75, 3.05) is 11.1 Å². The van der Waals surface area contributed by atoms with Crippen molar-refractivity contribution in [1.29, 1.82) is 0 Å². The highest BCUT2D eigenvalue weighted by molar-refractivity contribution is 7.99. The number of aryl methyl sites for hydroxylation is 1. The molecule has 7 heteroatoms. The van der Waals surface area contributed by atoms with Crippen LogP contribution in [0.25, 0.3) is 0 Å². The Kier molecular flexibility index (Phi) is 5.95. The molecule has 0 amide bonds. The van der Waals surface area contributed by atoms with E-state index in [0.717, 1.165) is 34.7 Å². The number of ketones is 1. The predicted octanol–water partition coefficient (Wildman–Crippen LogP) is 5.62. The highest BCUT2D eigenvalue weighted by atomic mass is 32.2. The van der Waals surface area contributed by atoms with Crippen molar-refractivity contribution in [3.8, 4) is 0 Å². The summed E-state index contributed by atoms with van der Waals surface area (Å²) in [4.78, 5) is 36.3. The molecule has 1 atom stereocenters. The Morgan fingerprint density at radius 3 is 2.73 bits per heavy atom. The second kappa shape index (κ2) is 8.35. The van der Waals surface area contributed by atoms with E-state index < -0.39 is 0 Å². The Balaban J connectivity index is 1.79. The first-order valence-corrected chi connectivity index (χ1v) is 12.5. The zero-order chi connectivity index (χ0) is 21.5. The molecule has 0 aromatic carbocycles. The SMILES string of the molecule is CCCCCSc1nc2c(c(=O)[nH]1)C(c1ccc(C)s1)C1=C(CC(C)(C)CC1=O)N2. The van der Waals surface area contributed by atoms with Crippen molar-refractivity contribution < 1.29 is 4.79 Å². The summed E-state index contributed by atoms with van der Waals surface area (Å²) in [6.45, 7) is 8.47. The van der Waals surface area contributed by atoms with Gasteiger partial charge in [-0.05, 0) is 37.3 Å². The van der Waals surface area contributed by atoms with Gasteiger partial charge in [-0.25, -0.2) is 4.98 Å². The Labute approximate surface area is 185 Å². The average Bonchev–Trinajstić information content (AvgIpc) is 3.08. The van der Waals surface area contributed by atoms with Crippen LogP contribution in [0.1, 0.15) is 74.1 Å². The van der Waals surface area contributed by atoms with Crippen LogP contribution in [0.4, 0.5) is 5.82 Å². The molecule has 1 unspecified atom stereocenters. The lowest BCUT2D eigenvalue weighted by Crippen LogP contribution is -2.36. The quantitative estimate of drug-likeness (QED) is 0.344. The number of thiophene rings is 1.